The van der Waals surface area contributed by atoms with E-state index in [0.29, 0.717) is 30.2 Å². The summed E-state index contributed by atoms with van der Waals surface area (Å²) in [7, 11) is 1.41. The van der Waals surface area contributed by atoms with E-state index in [2.05, 4.69) is 0 Å². The van der Waals surface area contributed by atoms with Gasteiger partial charge in [0.25, 0.3) is 5.76 Å². The Kier molecular flexibility index (Phi) is 5.86. The van der Waals surface area contributed by atoms with Crippen molar-refractivity contribution < 1.29 is 36.5 Å². The molecule has 3 aromatic rings. The zero-order valence-corrected chi connectivity index (χ0v) is 18.3. The van der Waals surface area contributed by atoms with Crippen LogP contribution >= 0.6 is 0 Å². The number of methoxy groups -OCH3 is 1. The molecule has 3 heterocycles. The van der Waals surface area contributed by atoms with Gasteiger partial charge in [0.05, 0.1) is 24.2 Å². The van der Waals surface area contributed by atoms with Crippen LogP contribution in [0.4, 0.5) is 13.2 Å². The maximum atomic E-state index is 14.0. The van der Waals surface area contributed by atoms with E-state index in [9.17, 15) is 18.0 Å². The molecule has 180 valence electrons. The SMILES string of the molecule is COc1cccc(Oc2c(C(F)(F)F)oc3c4c(ccc3c2=O)OCN(CC2CCCO2)C4)c1. The van der Waals surface area contributed by atoms with Gasteiger partial charge in [-0.05, 0) is 37.1 Å². The second kappa shape index (κ2) is 8.84. The predicted molar refractivity (Wildman–Crippen MR) is 115 cm³/mol. The Morgan fingerprint density at radius 3 is 2.74 bits per heavy atom. The normalized spacial score (nSPS) is 18.5. The van der Waals surface area contributed by atoms with Crippen LogP contribution in [0.15, 0.2) is 45.6 Å². The van der Waals surface area contributed by atoms with Crippen molar-refractivity contribution in [1.82, 2.24) is 4.90 Å². The molecule has 34 heavy (non-hydrogen) atoms. The topological polar surface area (TPSA) is 70.4 Å². The lowest BCUT2D eigenvalue weighted by Crippen LogP contribution is -2.37. The van der Waals surface area contributed by atoms with Gasteiger partial charge in [-0.25, -0.2) is 0 Å². The molecule has 5 rings (SSSR count). The van der Waals surface area contributed by atoms with E-state index in [0.717, 1.165) is 12.8 Å². The molecule has 0 bridgehead atoms. The molecule has 0 aliphatic carbocycles. The van der Waals surface area contributed by atoms with E-state index in [1.165, 1.54) is 25.3 Å². The lowest BCUT2D eigenvalue weighted by molar-refractivity contribution is -0.154. The average molecular weight is 477 g/mol. The number of hydrogen-bond acceptors (Lipinski definition) is 7. The van der Waals surface area contributed by atoms with Crippen molar-refractivity contribution in [3.63, 3.8) is 0 Å². The summed E-state index contributed by atoms with van der Waals surface area (Å²) in [5, 5.41) is -0.0211. The highest BCUT2D eigenvalue weighted by Gasteiger charge is 2.41. The number of fused-ring (bicyclic) bond motifs is 3. The molecule has 1 fully saturated rings. The van der Waals surface area contributed by atoms with Crippen LogP contribution in [-0.2, 0) is 17.5 Å². The monoisotopic (exact) mass is 477 g/mol. The molecule has 0 amide bonds. The largest absolute Gasteiger partial charge is 0.497 e. The van der Waals surface area contributed by atoms with Crippen LogP contribution in [0, 0.1) is 0 Å². The molecule has 1 saturated heterocycles. The quantitative estimate of drug-likeness (QED) is 0.515. The number of benzene rings is 2. The smallest absolute Gasteiger partial charge is 0.453 e. The van der Waals surface area contributed by atoms with Crippen molar-refractivity contribution in [2.24, 2.45) is 0 Å². The summed E-state index contributed by atoms with van der Waals surface area (Å²) in [5.74, 6) is -1.67. The Labute approximate surface area is 192 Å². The Hall–Kier alpha value is -3.24. The van der Waals surface area contributed by atoms with Crippen LogP contribution < -0.4 is 19.6 Å². The standard InChI is InChI=1S/C24H22F3NO6/c1-30-14-4-2-5-15(10-14)33-22-20(29)17-7-8-19-18(21(17)34-23(22)24(25,26)27)12-28(13-32-19)11-16-6-3-9-31-16/h2,4-5,7-8,10,16H,3,6,9,11-13H2,1H3. The summed E-state index contributed by atoms with van der Waals surface area (Å²) in [4.78, 5) is 15.1. The van der Waals surface area contributed by atoms with E-state index < -0.39 is 23.1 Å². The minimum Gasteiger partial charge on any atom is -0.497 e. The van der Waals surface area contributed by atoms with Gasteiger partial charge in [0.15, 0.2) is 0 Å². The molecular formula is C24H22F3NO6. The molecule has 1 atom stereocenters. The van der Waals surface area contributed by atoms with Gasteiger partial charge in [-0.3, -0.25) is 9.69 Å². The first-order valence-corrected chi connectivity index (χ1v) is 10.8. The minimum atomic E-state index is -4.96. The van der Waals surface area contributed by atoms with Gasteiger partial charge in [-0.1, -0.05) is 6.07 Å². The first-order valence-electron chi connectivity index (χ1n) is 10.8. The van der Waals surface area contributed by atoms with E-state index in [-0.39, 0.29) is 36.1 Å². The number of halogens is 3. The van der Waals surface area contributed by atoms with Gasteiger partial charge >= 0.3 is 6.18 Å². The molecule has 0 spiro atoms. The van der Waals surface area contributed by atoms with E-state index >= 15 is 0 Å². The van der Waals surface area contributed by atoms with Gasteiger partial charge in [0, 0.05) is 25.8 Å². The third-order valence-electron chi connectivity index (χ3n) is 5.87. The molecule has 7 nitrogen and oxygen atoms in total. The highest BCUT2D eigenvalue weighted by Crippen LogP contribution is 2.41. The van der Waals surface area contributed by atoms with Crippen molar-refractivity contribution in [1.29, 1.82) is 0 Å². The fourth-order valence-corrected chi connectivity index (χ4v) is 4.25. The summed E-state index contributed by atoms with van der Waals surface area (Å²) in [6.45, 7) is 1.80. The number of rotatable bonds is 5. The Morgan fingerprint density at radius 1 is 1.18 bits per heavy atom. The Morgan fingerprint density at radius 2 is 2.00 bits per heavy atom. The zero-order chi connectivity index (χ0) is 23.9. The Balaban J connectivity index is 1.58. The number of alkyl halides is 3. The van der Waals surface area contributed by atoms with Gasteiger partial charge in [-0.15, -0.1) is 0 Å². The number of nitrogens with zero attached hydrogens (tertiary/aromatic N) is 1. The Bertz CT molecular complexity index is 1270. The second-order valence-electron chi connectivity index (χ2n) is 8.21. The first kappa shape index (κ1) is 22.5. The van der Waals surface area contributed by atoms with Crippen molar-refractivity contribution in [3.05, 3.63) is 57.9 Å². The second-order valence-corrected chi connectivity index (χ2v) is 8.21. The molecule has 2 aromatic carbocycles. The van der Waals surface area contributed by atoms with Crippen molar-refractivity contribution in [2.45, 2.75) is 31.7 Å². The van der Waals surface area contributed by atoms with Crippen LogP contribution in [0.1, 0.15) is 24.2 Å². The predicted octanol–water partition coefficient (Wildman–Crippen LogP) is 4.94. The lowest BCUT2D eigenvalue weighted by atomic mass is 10.1. The van der Waals surface area contributed by atoms with Crippen LogP contribution in [0.2, 0.25) is 0 Å². The van der Waals surface area contributed by atoms with Crippen molar-refractivity contribution in [2.75, 3.05) is 27.0 Å². The maximum absolute atomic E-state index is 14.0. The van der Waals surface area contributed by atoms with Crippen molar-refractivity contribution in [3.8, 4) is 23.0 Å². The molecule has 0 radical (unpaired) electrons. The summed E-state index contributed by atoms with van der Waals surface area (Å²) in [6, 6.07) is 8.92. The average Bonchev–Trinajstić information content (AvgIpc) is 3.33. The van der Waals surface area contributed by atoms with Gasteiger partial charge in [-0.2, -0.15) is 13.2 Å². The number of ether oxygens (including phenoxy) is 4. The minimum absolute atomic E-state index is 0.0144. The fraction of sp³-hybridized carbons (Fsp3) is 0.375. The van der Waals surface area contributed by atoms with E-state index in [1.807, 2.05) is 4.90 Å². The van der Waals surface area contributed by atoms with Gasteiger partial charge in [0.1, 0.15) is 29.6 Å². The molecular weight excluding hydrogens is 455 g/mol. The summed E-state index contributed by atoms with van der Waals surface area (Å²) < 4.78 is 69.2. The molecule has 1 aromatic heterocycles. The first-order chi connectivity index (χ1) is 16.3. The van der Waals surface area contributed by atoms with Crippen LogP contribution in [0.5, 0.6) is 23.0 Å². The van der Waals surface area contributed by atoms with Crippen LogP contribution in [0.25, 0.3) is 11.0 Å². The van der Waals surface area contributed by atoms with Crippen LogP contribution in [-0.4, -0.2) is 38.0 Å². The third-order valence-corrected chi connectivity index (χ3v) is 5.87. The molecule has 0 saturated carbocycles. The van der Waals surface area contributed by atoms with Crippen molar-refractivity contribution >= 4 is 11.0 Å². The van der Waals surface area contributed by atoms with Crippen LogP contribution in [0.3, 0.4) is 0 Å². The summed E-state index contributed by atoms with van der Waals surface area (Å²) >= 11 is 0. The highest BCUT2D eigenvalue weighted by atomic mass is 19.4. The van der Waals surface area contributed by atoms with Gasteiger partial charge < -0.3 is 23.4 Å². The zero-order valence-electron chi connectivity index (χ0n) is 18.3. The molecule has 2 aliphatic rings. The third kappa shape index (κ3) is 4.30. The van der Waals surface area contributed by atoms with Gasteiger partial charge in [0.2, 0.25) is 11.2 Å². The molecule has 0 N–H and O–H groups in total. The molecule has 1 unspecified atom stereocenters. The van der Waals surface area contributed by atoms with E-state index in [4.69, 9.17) is 23.4 Å². The highest BCUT2D eigenvalue weighted by molar-refractivity contribution is 5.83. The summed E-state index contributed by atoms with van der Waals surface area (Å²) in [5.41, 5.74) is -0.697. The molecule has 10 heteroatoms. The molecule has 2 aliphatic heterocycles. The van der Waals surface area contributed by atoms with E-state index in [1.54, 1.807) is 18.2 Å². The fourth-order valence-electron chi connectivity index (χ4n) is 4.25. The lowest BCUT2D eigenvalue weighted by Gasteiger charge is -2.30. The maximum Gasteiger partial charge on any atom is 0.453 e. The number of hydrogen-bond donors (Lipinski definition) is 0. The summed E-state index contributed by atoms with van der Waals surface area (Å²) in [6.07, 6.45) is -3.03.